The van der Waals surface area contributed by atoms with E-state index in [0.717, 1.165) is 25.7 Å². The molecule has 3 aliphatic carbocycles. The zero-order valence-corrected chi connectivity index (χ0v) is 19.4. The zero-order valence-electron chi connectivity index (χ0n) is 17.3. The largest absolute Gasteiger partial charge is 0.392 e. The summed E-state index contributed by atoms with van der Waals surface area (Å²) >= 11 is 2.15. The molecule has 3 fully saturated rings. The summed E-state index contributed by atoms with van der Waals surface area (Å²) in [5, 5.41) is 11.4. The van der Waals surface area contributed by atoms with Crippen LogP contribution in [0, 0.1) is 39.9 Å². The Hall–Kier alpha value is -0.230. The van der Waals surface area contributed by atoms with Gasteiger partial charge in [0.15, 0.2) is 0 Å². The van der Waals surface area contributed by atoms with Crippen LogP contribution in [0.3, 0.4) is 0 Å². The first kappa shape index (κ1) is 21.5. The molecule has 0 unspecified atom stereocenters. The molecule has 0 radical (unpaired) electrons. The molecule has 27 heavy (non-hydrogen) atoms. The van der Waals surface area contributed by atoms with Gasteiger partial charge >= 0.3 is 0 Å². The Morgan fingerprint density at radius 3 is 2.59 bits per heavy atom. The predicted octanol–water partition coefficient (Wildman–Crippen LogP) is 4.99. The smallest absolute Gasteiger partial charge is 0.142 e. The number of carbonyl (C=O) groups is 2. The van der Waals surface area contributed by atoms with Gasteiger partial charge in [-0.3, -0.25) is 9.59 Å². The van der Waals surface area contributed by atoms with Crippen LogP contribution in [-0.2, 0) is 9.59 Å². The topological polar surface area (TPSA) is 54.4 Å². The molecule has 0 spiro atoms. The Balaban J connectivity index is 2.21. The predicted molar refractivity (Wildman–Crippen MR) is 117 cm³/mol. The summed E-state index contributed by atoms with van der Waals surface area (Å²) in [5.41, 5.74) is -0.752. The second-order valence-corrected chi connectivity index (χ2v) is 10.9. The highest BCUT2D eigenvalue weighted by molar-refractivity contribution is 14.1. The molecule has 3 rings (SSSR count). The minimum Gasteiger partial charge on any atom is -0.392 e. The van der Waals surface area contributed by atoms with E-state index in [-0.39, 0.29) is 34.4 Å². The standard InChI is InChI=1S/C23H35IO3/c1-6-21(4)12-16(11-17(25)13-24)22(5)14(2)7-9-23(15(3)20(21)27)10-8-18(26)19(22)23/h6,14-16,19-20,27H,1,7-13H2,2-5H3/t14-,15-,16+,19-,20-,21+,22-,23-/m0/s1. The van der Waals surface area contributed by atoms with Gasteiger partial charge in [-0.1, -0.05) is 56.4 Å². The van der Waals surface area contributed by atoms with E-state index >= 15 is 0 Å². The highest BCUT2D eigenvalue weighted by atomic mass is 127. The molecule has 0 aromatic heterocycles. The Kier molecular flexibility index (Phi) is 5.75. The van der Waals surface area contributed by atoms with Gasteiger partial charge in [0.1, 0.15) is 11.6 Å². The van der Waals surface area contributed by atoms with Crippen LogP contribution in [0.2, 0.25) is 0 Å². The van der Waals surface area contributed by atoms with Gasteiger partial charge in [0.25, 0.3) is 0 Å². The van der Waals surface area contributed by atoms with Gasteiger partial charge in [0.2, 0.25) is 0 Å². The van der Waals surface area contributed by atoms with Gasteiger partial charge < -0.3 is 5.11 Å². The normalized spacial score (nSPS) is 49.9. The molecule has 0 aliphatic heterocycles. The average Bonchev–Trinajstić information content (AvgIpc) is 3.00. The summed E-state index contributed by atoms with van der Waals surface area (Å²) in [5.74, 6) is 1.17. The van der Waals surface area contributed by atoms with Crippen LogP contribution >= 0.6 is 22.6 Å². The van der Waals surface area contributed by atoms with Crippen LogP contribution in [0.15, 0.2) is 12.7 Å². The lowest BCUT2D eigenvalue weighted by molar-refractivity contribution is -0.177. The molecular weight excluding hydrogens is 451 g/mol. The quantitative estimate of drug-likeness (QED) is 0.346. The van der Waals surface area contributed by atoms with Crippen molar-refractivity contribution in [3.63, 3.8) is 0 Å². The van der Waals surface area contributed by atoms with Gasteiger partial charge in [-0.25, -0.2) is 0 Å². The lowest BCUT2D eigenvalue weighted by Crippen LogP contribution is -2.61. The van der Waals surface area contributed by atoms with Gasteiger partial charge in [-0.15, -0.1) is 6.58 Å². The fourth-order valence-corrected chi connectivity index (χ4v) is 7.53. The monoisotopic (exact) mass is 486 g/mol. The number of halogens is 1. The summed E-state index contributed by atoms with van der Waals surface area (Å²) in [7, 11) is 0. The number of aliphatic hydroxyl groups is 1. The van der Waals surface area contributed by atoms with Crippen molar-refractivity contribution in [3.8, 4) is 0 Å². The molecular formula is C23H35IO3. The number of rotatable bonds is 4. The number of ketones is 2. The molecule has 0 aromatic carbocycles. The lowest BCUT2D eigenvalue weighted by Gasteiger charge is -2.62. The minimum absolute atomic E-state index is 0.0280. The van der Waals surface area contributed by atoms with Crippen LogP contribution in [-0.4, -0.2) is 27.2 Å². The van der Waals surface area contributed by atoms with Crippen molar-refractivity contribution in [2.75, 3.05) is 4.43 Å². The summed E-state index contributed by atoms with van der Waals surface area (Å²) in [6.07, 6.45) is 6.22. The third-order valence-electron chi connectivity index (χ3n) is 9.17. The highest BCUT2D eigenvalue weighted by Crippen LogP contribution is 2.69. The van der Waals surface area contributed by atoms with Crippen molar-refractivity contribution in [1.82, 2.24) is 0 Å². The molecule has 2 bridgehead atoms. The molecule has 8 atom stereocenters. The van der Waals surface area contributed by atoms with E-state index in [2.05, 4.69) is 56.9 Å². The maximum Gasteiger partial charge on any atom is 0.142 e. The Morgan fingerprint density at radius 2 is 2.00 bits per heavy atom. The van der Waals surface area contributed by atoms with Crippen LogP contribution in [0.5, 0.6) is 0 Å². The zero-order chi connectivity index (χ0) is 20.2. The Labute approximate surface area is 177 Å². The van der Waals surface area contributed by atoms with E-state index in [1.54, 1.807) is 0 Å². The molecule has 3 nitrogen and oxygen atoms in total. The highest BCUT2D eigenvalue weighted by Gasteiger charge is 2.67. The number of hydrogen-bond donors (Lipinski definition) is 1. The molecule has 1 N–H and O–H groups in total. The van der Waals surface area contributed by atoms with Gasteiger partial charge in [0.05, 0.1) is 10.5 Å². The first-order chi connectivity index (χ1) is 12.6. The van der Waals surface area contributed by atoms with Crippen molar-refractivity contribution >= 4 is 34.2 Å². The summed E-state index contributed by atoms with van der Waals surface area (Å²) in [4.78, 5) is 25.8. The molecule has 3 aliphatic rings. The van der Waals surface area contributed by atoms with Gasteiger partial charge in [-0.05, 0) is 54.3 Å². The molecule has 0 heterocycles. The van der Waals surface area contributed by atoms with Crippen LogP contribution in [0.1, 0.15) is 66.2 Å². The number of hydrogen-bond acceptors (Lipinski definition) is 3. The Bertz CT molecular complexity index is 646. The average molecular weight is 486 g/mol. The summed E-state index contributed by atoms with van der Waals surface area (Å²) in [6.45, 7) is 12.9. The van der Waals surface area contributed by atoms with Gasteiger partial charge in [0, 0.05) is 24.2 Å². The van der Waals surface area contributed by atoms with E-state index in [1.807, 2.05) is 6.08 Å². The van der Waals surface area contributed by atoms with Crippen molar-refractivity contribution < 1.29 is 14.7 Å². The lowest BCUT2D eigenvalue weighted by atomic mass is 9.41. The third kappa shape index (κ3) is 2.99. The SMILES string of the molecule is C=C[C@]1(C)C[C@@H](CC(=O)CI)[C@@]2(C)[C@@H]3C(=O)CC[C@@]3(CC[C@@H]2C)[C@@H](C)[C@@H]1O. The number of Topliss-reactive ketones (excluding diaryl/α,β-unsaturated/α-hetero) is 2. The first-order valence-corrected chi connectivity index (χ1v) is 12.0. The Morgan fingerprint density at radius 1 is 1.33 bits per heavy atom. The molecule has 0 saturated heterocycles. The fraction of sp³-hybridized carbons (Fsp3) is 0.826. The van der Waals surface area contributed by atoms with Crippen LogP contribution < -0.4 is 0 Å². The van der Waals surface area contributed by atoms with Crippen molar-refractivity contribution in [2.45, 2.75) is 72.3 Å². The van der Waals surface area contributed by atoms with Crippen LogP contribution in [0.4, 0.5) is 0 Å². The van der Waals surface area contributed by atoms with E-state index in [9.17, 15) is 14.7 Å². The van der Waals surface area contributed by atoms with E-state index < -0.39 is 11.5 Å². The third-order valence-corrected chi connectivity index (χ3v) is 10.0. The molecule has 3 saturated carbocycles. The van der Waals surface area contributed by atoms with E-state index in [0.29, 0.717) is 29.0 Å². The van der Waals surface area contributed by atoms with Crippen LogP contribution in [0.25, 0.3) is 0 Å². The van der Waals surface area contributed by atoms with Gasteiger partial charge in [-0.2, -0.15) is 0 Å². The molecule has 0 aromatic rings. The molecule has 0 amide bonds. The van der Waals surface area contributed by atoms with E-state index in [4.69, 9.17) is 0 Å². The van der Waals surface area contributed by atoms with Crippen molar-refractivity contribution in [2.24, 2.45) is 39.9 Å². The van der Waals surface area contributed by atoms with Crippen molar-refractivity contribution in [1.29, 1.82) is 0 Å². The maximum atomic E-state index is 13.2. The first-order valence-electron chi connectivity index (χ1n) is 10.5. The second kappa shape index (κ2) is 7.23. The second-order valence-electron chi connectivity index (χ2n) is 10.2. The number of alkyl halides is 1. The summed E-state index contributed by atoms with van der Waals surface area (Å²) < 4.78 is 0.506. The maximum absolute atomic E-state index is 13.2. The minimum atomic E-state index is -0.529. The number of carbonyl (C=O) groups excluding carboxylic acids is 2. The van der Waals surface area contributed by atoms with E-state index in [1.165, 1.54) is 0 Å². The number of aliphatic hydroxyl groups excluding tert-OH is 1. The molecule has 4 heteroatoms. The summed E-state index contributed by atoms with van der Waals surface area (Å²) in [6, 6.07) is 0. The van der Waals surface area contributed by atoms with Crippen molar-refractivity contribution in [3.05, 3.63) is 12.7 Å². The molecule has 152 valence electrons. The fourth-order valence-electron chi connectivity index (χ4n) is 7.22.